The zero-order valence-electron chi connectivity index (χ0n) is 7.60. The Kier molecular flexibility index (Phi) is 3.84. The molecule has 0 unspecified atom stereocenters. The molecule has 6 nitrogen and oxygen atoms in total. The molecule has 11 heteroatoms. The van der Waals surface area contributed by atoms with Crippen molar-refractivity contribution in [1.82, 2.24) is 4.98 Å². The van der Waals surface area contributed by atoms with E-state index < -0.39 is 41.7 Å². The summed E-state index contributed by atoms with van der Waals surface area (Å²) >= 11 is 5.35. The van der Waals surface area contributed by atoms with E-state index in [1.54, 1.807) is 0 Å². The van der Waals surface area contributed by atoms with Crippen molar-refractivity contribution in [3.8, 4) is 0 Å². The molecule has 0 N–H and O–H groups in total. The number of nitrogens with zero attached hydrogens (tertiary/aromatic N) is 2. The van der Waals surface area contributed by atoms with Gasteiger partial charge >= 0.3 is 5.82 Å². The Balaban J connectivity index is 3.72. The van der Waals surface area contributed by atoms with Crippen LogP contribution in [-0.4, -0.2) is 18.3 Å². The monoisotopic (exact) mass is 306 g/mol. The number of aromatic nitrogens is 1. The molecule has 0 radical (unpaired) electrons. The zero-order chi connectivity index (χ0) is 13.4. The topological polar surface area (TPSA) is 90.2 Å². The molecule has 0 fully saturated rings. The van der Waals surface area contributed by atoms with Crippen LogP contribution in [0.3, 0.4) is 0 Å². The van der Waals surface area contributed by atoms with Gasteiger partial charge in [0, 0.05) is 10.7 Å². The van der Waals surface area contributed by atoms with E-state index in [-0.39, 0.29) is 0 Å². The lowest BCUT2D eigenvalue weighted by Crippen LogP contribution is -2.05. The summed E-state index contributed by atoms with van der Waals surface area (Å²) in [5, 5.41) is 9.47. The first-order valence-corrected chi connectivity index (χ1v) is 6.40. The van der Waals surface area contributed by atoms with Crippen LogP contribution in [0, 0.1) is 10.1 Å². The Hall–Kier alpha value is -1.06. The van der Waals surface area contributed by atoms with E-state index in [0.717, 1.165) is 0 Å². The lowest BCUT2D eigenvalue weighted by molar-refractivity contribution is -0.392. The minimum absolute atomic E-state index is 0.427. The highest BCUT2D eigenvalue weighted by Gasteiger charge is 2.33. The molecule has 0 aliphatic heterocycles. The standard InChI is InChI=1S/C6H2Cl2F2N2O4S/c7-3-2(5(9)10)1-11-6(12(13)14)4(3)17(8,15)16/h1,5H. The fraction of sp³-hybridized carbons (Fsp3) is 0.167. The summed E-state index contributed by atoms with van der Waals surface area (Å²) in [7, 11) is 0.226. The third kappa shape index (κ3) is 2.79. The van der Waals surface area contributed by atoms with Crippen LogP contribution >= 0.6 is 22.3 Å². The van der Waals surface area contributed by atoms with Gasteiger partial charge in [-0.05, 0) is 9.91 Å². The number of hydrogen-bond acceptors (Lipinski definition) is 5. The lowest BCUT2D eigenvalue weighted by atomic mass is 10.3. The Labute approximate surface area is 103 Å². The fourth-order valence-corrected chi connectivity index (χ4v) is 2.73. The van der Waals surface area contributed by atoms with Gasteiger partial charge in [-0.15, -0.1) is 0 Å². The first-order valence-electron chi connectivity index (χ1n) is 3.72. The molecule has 0 aliphatic rings. The van der Waals surface area contributed by atoms with E-state index in [9.17, 15) is 27.3 Å². The van der Waals surface area contributed by atoms with E-state index >= 15 is 0 Å². The number of hydrogen-bond donors (Lipinski definition) is 0. The minimum atomic E-state index is -4.66. The lowest BCUT2D eigenvalue weighted by Gasteiger charge is -2.05. The molecular weight excluding hydrogens is 305 g/mol. The average Bonchev–Trinajstić information content (AvgIpc) is 2.14. The predicted molar refractivity (Wildman–Crippen MR) is 53.9 cm³/mol. The van der Waals surface area contributed by atoms with Crippen molar-refractivity contribution in [1.29, 1.82) is 0 Å². The summed E-state index contributed by atoms with van der Waals surface area (Å²) in [5.74, 6) is -1.20. The quantitative estimate of drug-likeness (QED) is 0.486. The molecule has 1 heterocycles. The highest BCUT2D eigenvalue weighted by Crippen LogP contribution is 2.37. The van der Waals surface area contributed by atoms with Gasteiger partial charge in [0.2, 0.25) is 0 Å². The maximum Gasteiger partial charge on any atom is 0.385 e. The smallest absolute Gasteiger partial charge is 0.358 e. The Morgan fingerprint density at radius 1 is 1.47 bits per heavy atom. The van der Waals surface area contributed by atoms with Crippen LogP contribution < -0.4 is 0 Å². The number of alkyl halides is 2. The third-order valence-corrected chi connectivity index (χ3v) is 3.49. The Morgan fingerprint density at radius 3 is 2.35 bits per heavy atom. The van der Waals surface area contributed by atoms with Crippen molar-refractivity contribution in [3.05, 3.63) is 26.9 Å². The zero-order valence-corrected chi connectivity index (χ0v) is 9.93. The Morgan fingerprint density at radius 2 is 2.00 bits per heavy atom. The van der Waals surface area contributed by atoms with Crippen molar-refractivity contribution >= 4 is 37.2 Å². The third-order valence-electron chi connectivity index (χ3n) is 1.63. The van der Waals surface area contributed by atoms with Crippen LogP contribution in [0.4, 0.5) is 14.6 Å². The summed E-state index contributed by atoms with van der Waals surface area (Å²) in [4.78, 5) is 11.1. The molecule has 0 aromatic carbocycles. The molecule has 0 spiro atoms. The van der Waals surface area contributed by atoms with Crippen LogP contribution in [0.5, 0.6) is 0 Å². The molecule has 0 bridgehead atoms. The van der Waals surface area contributed by atoms with Crippen molar-refractivity contribution < 1.29 is 22.1 Å². The van der Waals surface area contributed by atoms with E-state index in [4.69, 9.17) is 22.3 Å². The van der Waals surface area contributed by atoms with Gasteiger partial charge in [0.05, 0.1) is 10.6 Å². The van der Waals surface area contributed by atoms with Crippen molar-refractivity contribution in [2.24, 2.45) is 0 Å². The molecule has 0 saturated carbocycles. The Bertz CT molecular complexity index is 578. The summed E-state index contributed by atoms with van der Waals surface area (Å²) in [6.45, 7) is 0. The highest BCUT2D eigenvalue weighted by atomic mass is 35.7. The van der Waals surface area contributed by atoms with Crippen molar-refractivity contribution in [2.75, 3.05) is 0 Å². The second-order valence-electron chi connectivity index (χ2n) is 2.68. The summed E-state index contributed by atoms with van der Waals surface area (Å²) < 4.78 is 46.9. The molecular formula is C6H2Cl2F2N2O4S. The fourth-order valence-electron chi connectivity index (χ4n) is 0.973. The van der Waals surface area contributed by atoms with Crippen LogP contribution in [0.15, 0.2) is 11.1 Å². The molecule has 94 valence electrons. The van der Waals surface area contributed by atoms with Gasteiger partial charge in [0.25, 0.3) is 15.5 Å². The maximum absolute atomic E-state index is 12.4. The SMILES string of the molecule is O=[N+]([O-])c1ncc(C(F)F)c(Cl)c1S(=O)(=O)Cl. The average molecular weight is 307 g/mol. The normalized spacial score (nSPS) is 11.8. The molecule has 0 atom stereocenters. The van der Waals surface area contributed by atoms with Gasteiger partial charge in [-0.2, -0.15) is 0 Å². The van der Waals surface area contributed by atoms with Gasteiger partial charge < -0.3 is 10.1 Å². The summed E-state index contributed by atoms with van der Waals surface area (Å²) in [5.41, 5.74) is -0.948. The van der Waals surface area contributed by atoms with Crippen molar-refractivity contribution in [2.45, 2.75) is 11.3 Å². The molecule has 0 amide bonds. The van der Waals surface area contributed by atoms with Gasteiger partial charge in [0.15, 0.2) is 11.1 Å². The highest BCUT2D eigenvalue weighted by molar-refractivity contribution is 8.14. The number of nitro groups is 1. The first-order chi connectivity index (χ1) is 7.66. The molecule has 1 aromatic heterocycles. The van der Waals surface area contributed by atoms with E-state index in [2.05, 4.69) is 4.98 Å². The minimum Gasteiger partial charge on any atom is -0.358 e. The second-order valence-corrected chi connectivity index (χ2v) is 5.56. The number of halogens is 4. The summed E-state index contributed by atoms with van der Waals surface area (Å²) in [6, 6.07) is 0. The number of rotatable bonds is 3. The van der Waals surface area contributed by atoms with Crippen LogP contribution in [0.25, 0.3) is 0 Å². The van der Waals surface area contributed by atoms with Gasteiger partial charge in [-0.25, -0.2) is 17.2 Å². The second kappa shape index (κ2) is 4.67. The summed E-state index contributed by atoms with van der Waals surface area (Å²) in [6.07, 6.45) is -2.70. The number of pyridine rings is 1. The largest absolute Gasteiger partial charge is 0.385 e. The van der Waals surface area contributed by atoms with Gasteiger partial charge in [-0.3, -0.25) is 0 Å². The van der Waals surface area contributed by atoms with Crippen LogP contribution in [0.1, 0.15) is 12.0 Å². The van der Waals surface area contributed by atoms with E-state index in [1.807, 2.05) is 0 Å². The molecule has 1 aromatic rings. The molecule has 17 heavy (non-hydrogen) atoms. The first kappa shape index (κ1) is 14.0. The van der Waals surface area contributed by atoms with Gasteiger partial charge in [-0.1, -0.05) is 11.6 Å². The molecule has 0 aliphatic carbocycles. The van der Waals surface area contributed by atoms with E-state index in [0.29, 0.717) is 6.20 Å². The van der Waals surface area contributed by atoms with E-state index in [1.165, 1.54) is 0 Å². The maximum atomic E-state index is 12.4. The predicted octanol–water partition coefficient (Wildman–Crippen LogP) is 2.51. The van der Waals surface area contributed by atoms with Crippen LogP contribution in [0.2, 0.25) is 5.02 Å². The molecule has 0 saturated heterocycles. The van der Waals surface area contributed by atoms with Crippen molar-refractivity contribution in [3.63, 3.8) is 0 Å². The van der Waals surface area contributed by atoms with Gasteiger partial charge in [0.1, 0.15) is 0 Å². The van der Waals surface area contributed by atoms with Crippen LogP contribution in [-0.2, 0) is 9.05 Å². The molecule has 1 rings (SSSR count).